The van der Waals surface area contributed by atoms with Crippen LogP contribution in [0.15, 0.2) is 68.8 Å². The van der Waals surface area contributed by atoms with E-state index in [2.05, 4.69) is 15.5 Å². The van der Waals surface area contributed by atoms with Crippen LogP contribution in [-0.4, -0.2) is 38.7 Å². The third-order valence-electron chi connectivity index (χ3n) is 4.12. The van der Waals surface area contributed by atoms with Crippen LogP contribution in [0.3, 0.4) is 0 Å². The van der Waals surface area contributed by atoms with Gasteiger partial charge in [-0.1, -0.05) is 23.3 Å². The molecule has 0 unspecified atom stereocenters. The molecule has 0 aliphatic rings. The number of carbonyl (C=O) groups excluding carboxylic acids is 1. The lowest BCUT2D eigenvalue weighted by atomic mass is 10.3. The fourth-order valence-corrected chi connectivity index (χ4v) is 5.09. The zero-order chi connectivity index (χ0) is 22.5. The van der Waals surface area contributed by atoms with Crippen molar-refractivity contribution in [1.29, 1.82) is 0 Å². The van der Waals surface area contributed by atoms with Crippen molar-refractivity contribution in [3.05, 3.63) is 66.3 Å². The number of carbonyl (C=O) groups is 1. The average molecular weight is 468 g/mol. The van der Waals surface area contributed by atoms with Gasteiger partial charge >= 0.3 is 6.01 Å². The van der Waals surface area contributed by atoms with Gasteiger partial charge in [-0.3, -0.25) is 10.1 Å². The molecule has 1 amide bonds. The lowest BCUT2D eigenvalue weighted by Gasteiger charge is -2.04. The van der Waals surface area contributed by atoms with Crippen LogP contribution < -0.4 is 5.32 Å². The molecule has 164 valence electrons. The third-order valence-corrected chi connectivity index (χ3v) is 7.55. The smallest absolute Gasteiger partial charge is 0.322 e. The third kappa shape index (κ3) is 6.18. The van der Waals surface area contributed by atoms with Crippen LogP contribution in [0.25, 0.3) is 0 Å². The largest absolute Gasteiger partial charge is 0.407 e. The number of benzene rings is 2. The molecule has 1 aromatic heterocycles. The summed E-state index contributed by atoms with van der Waals surface area (Å²) in [7, 11) is -7.34. The fourth-order valence-electron chi connectivity index (χ4n) is 2.60. The van der Waals surface area contributed by atoms with Crippen molar-refractivity contribution in [3.8, 4) is 0 Å². The summed E-state index contributed by atoms with van der Waals surface area (Å²) < 4.78 is 67.1. The van der Waals surface area contributed by atoms with E-state index < -0.39 is 37.2 Å². The summed E-state index contributed by atoms with van der Waals surface area (Å²) in [4.78, 5) is 12.1. The summed E-state index contributed by atoms with van der Waals surface area (Å²) in [5.41, 5.74) is 0. The second kappa shape index (κ2) is 9.35. The molecule has 1 heterocycles. The van der Waals surface area contributed by atoms with Gasteiger partial charge < -0.3 is 4.42 Å². The van der Waals surface area contributed by atoms with Crippen LogP contribution in [0.4, 0.5) is 10.4 Å². The number of nitrogens with zero attached hydrogens (tertiary/aromatic N) is 2. The monoisotopic (exact) mass is 467 g/mol. The lowest BCUT2D eigenvalue weighted by molar-refractivity contribution is -0.116. The molecule has 0 spiro atoms. The van der Waals surface area contributed by atoms with E-state index in [0.717, 1.165) is 24.3 Å². The van der Waals surface area contributed by atoms with Gasteiger partial charge in [-0.05, 0) is 42.8 Å². The van der Waals surface area contributed by atoms with E-state index >= 15 is 0 Å². The predicted molar refractivity (Wildman–Crippen MR) is 108 cm³/mol. The minimum absolute atomic E-state index is 0.00885. The first-order chi connectivity index (χ1) is 14.7. The van der Waals surface area contributed by atoms with Gasteiger partial charge in [0.1, 0.15) is 11.6 Å². The van der Waals surface area contributed by atoms with Gasteiger partial charge in [-0.15, -0.1) is 5.10 Å². The summed E-state index contributed by atoms with van der Waals surface area (Å²) >= 11 is 0. The Hall–Kier alpha value is -3.12. The molecule has 0 radical (unpaired) electrons. The lowest BCUT2D eigenvalue weighted by Crippen LogP contribution is -2.14. The Bertz CT molecular complexity index is 1260. The van der Waals surface area contributed by atoms with Crippen molar-refractivity contribution >= 4 is 31.6 Å². The maximum atomic E-state index is 12.9. The van der Waals surface area contributed by atoms with Crippen LogP contribution in [0.5, 0.6) is 0 Å². The number of sulfone groups is 2. The van der Waals surface area contributed by atoms with Gasteiger partial charge in [0, 0.05) is 6.42 Å². The SMILES string of the molecule is O=C(CCCS(=O)(=O)c1ccc(F)cc1)Nc1nnc(CS(=O)(=O)c2ccccc2)o1. The number of halogens is 1. The Morgan fingerprint density at radius 2 is 1.55 bits per heavy atom. The van der Waals surface area contributed by atoms with Gasteiger partial charge in [-0.2, -0.15) is 0 Å². The number of rotatable bonds is 9. The normalized spacial score (nSPS) is 11.9. The molecule has 3 aromatic rings. The second-order valence-electron chi connectivity index (χ2n) is 6.50. The predicted octanol–water partition coefficient (Wildman–Crippen LogP) is 2.38. The van der Waals surface area contributed by atoms with Crippen molar-refractivity contribution in [2.45, 2.75) is 28.4 Å². The molecule has 0 atom stereocenters. The number of amides is 1. The van der Waals surface area contributed by atoms with E-state index in [1.54, 1.807) is 18.2 Å². The fraction of sp³-hybridized carbons (Fsp3) is 0.211. The van der Waals surface area contributed by atoms with Crippen LogP contribution in [0, 0.1) is 5.82 Å². The van der Waals surface area contributed by atoms with Gasteiger partial charge in [0.15, 0.2) is 19.7 Å². The van der Waals surface area contributed by atoms with E-state index in [1.165, 1.54) is 12.1 Å². The minimum Gasteiger partial charge on any atom is -0.407 e. The number of hydrogen-bond acceptors (Lipinski definition) is 8. The summed E-state index contributed by atoms with van der Waals surface area (Å²) in [5, 5.41) is 9.49. The van der Waals surface area contributed by atoms with E-state index in [4.69, 9.17) is 4.42 Å². The Labute approximate surface area is 178 Å². The number of nitrogens with one attached hydrogen (secondary N) is 1. The first kappa shape index (κ1) is 22.6. The van der Waals surface area contributed by atoms with Crippen LogP contribution in [0.1, 0.15) is 18.7 Å². The molecule has 3 rings (SSSR count). The van der Waals surface area contributed by atoms with Gasteiger partial charge in [0.05, 0.1) is 15.5 Å². The summed E-state index contributed by atoms with van der Waals surface area (Å²) in [6.07, 6.45) is -0.143. The summed E-state index contributed by atoms with van der Waals surface area (Å²) in [5.74, 6) is -2.16. The molecule has 0 bridgehead atoms. The molecule has 0 saturated carbocycles. The molecule has 0 saturated heterocycles. The first-order valence-corrected chi connectivity index (χ1v) is 12.3. The molecule has 1 N–H and O–H groups in total. The average Bonchev–Trinajstić information content (AvgIpc) is 3.14. The topological polar surface area (TPSA) is 136 Å². The van der Waals surface area contributed by atoms with E-state index in [-0.39, 0.29) is 40.3 Å². The van der Waals surface area contributed by atoms with E-state index in [0.29, 0.717) is 0 Å². The van der Waals surface area contributed by atoms with E-state index in [9.17, 15) is 26.0 Å². The highest BCUT2D eigenvalue weighted by Gasteiger charge is 2.20. The van der Waals surface area contributed by atoms with Gasteiger partial charge in [0.25, 0.3) is 0 Å². The maximum Gasteiger partial charge on any atom is 0.322 e. The molecular weight excluding hydrogens is 449 g/mol. The maximum absolute atomic E-state index is 12.9. The van der Waals surface area contributed by atoms with Crippen molar-refractivity contribution in [2.24, 2.45) is 0 Å². The van der Waals surface area contributed by atoms with Crippen LogP contribution in [0.2, 0.25) is 0 Å². The molecule has 0 fully saturated rings. The Balaban J connectivity index is 1.51. The van der Waals surface area contributed by atoms with Crippen molar-refractivity contribution in [1.82, 2.24) is 10.2 Å². The Morgan fingerprint density at radius 1 is 0.903 bits per heavy atom. The minimum atomic E-state index is -3.69. The molecule has 12 heteroatoms. The first-order valence-electron chi connectivity index (χ1n) is 9.04. The zero-order valence-corrected chi connectivity index (χ0v) is 17.7. The molecule has 0 aliphatic heterocycles. The summed E-state index contributed by atoms with van der Waals surface area (Å²) in [6.45, 7) is 0. The van der Waals surface area contributed by atoms with Crippen LogP contribution >= 0.6 is 0 Å². The van der Waals surface area contributed by atoms with E-state index in [1.807, 2.05) is 0 Å². The summed E-state index contributed by atoms with van der Waals surface area (Å²) in [6, 6.07) is 11.9. The quantitative estimate of drug-likeness (QED) is 0.474. The molecule has 2 aromatic carbocycles. The van der Waals surface area contributed by atoms with Crippen molar-refractivity contribution in [2.75, 3.05) is 11.1 Å². The highest BCUT2D eigenvalue weighted by Crippen LogP contribution is 2.17. The molecule has 31 heavy (non-hydrogen) atoms. The number of aromatic nitrogens is 2. The number of anilines is 1. The van der Waals surface area contributed by atoms with Crippen molar-refractivity contribution in [3.63, 3.8) is 0 Å². The highest BCUT2D eigenvalue weighted by atomic mass is 32.2. The standard InChI is InChI=1S/C19H18FN3O6S2/c20-14-8-10-16(11-9-14)30(25,26)12-4-7-17(24)21-19-23-22-18(29-19)13-31(27,28)15-5-2-1-3-6-15/h1-3,5-6,8-11H,4,7,12-13H2,(H,21,23,24). The molecule has 0 aliphatic carbocycles. The highest BCUT2D eigenvalue weighted by molar-refractivity contribution is 7.91. The molecule has 9 nitrogen and oxygen atoms in total. The van der Waals surface area contributed by atoms with Gasteiger partial charge in [-0.25, -0.2) is 21.2 Å². The Morgan fingerprint density at radius 3 is 2.23 bits per heavy atom. The zero-order valence-electron chi connectivity index (χ0n) is 16.1. The Kier molecular flexibility index (Phi) is 6.81. The second-order valence-corrected chi connectivity index (χ2v) is 10.6. The van der Waals surface area contributed by atoms with Crippen LogP contribution in [-0.2, 0) is 30.2 Å². The molecular formula is C19H18FN3O6S2. The van der Waals surface area contributed by atoms with Gasteiger partial charge in [0.2, 0.25) is 11.8 Å². The number of hydrogen-bond donors (Lipinski definition) is 1. The van der Waals surface area contributed by atoms with Crippen molar-refractivity contribution < 1.29 is 30.4 Å².